The number of ether oxygens (including phenoxy) is 2. The van der Waals surface area contributed by atoms with Crippen molar-refractivity contribution >= 4 is 5.91 Å². The van der Waals surface area contributed by atoms with Gasteiger partial charge in [0.25, 0.3) is 5.91 Å². The number of carbonyl (C=O) groups excluding carboxylic acids is 1. The summed E-state index contributed by atoms with van der Waals surface area (Å²) in [4.78, 5) is 13.9. The van der Waals surface area contributed by atoms with E-state index >= 15 is 0 Å². The lowest BCUT2D eigenvalue weighted by Gasteiger charge is -2.18. The average Bonchev–Trinajstić information content (AvgIpc) is 2.56. The molecule has 0 atom stereocenters. The molecule has 0 aliphatic carbocycles. The van der Waals surface area contributed by atoms with Crippen LogP contribution in [0.1, 0.15) is 22.8 Å². The average molecular weight is 335 g/mol. The SMILES string of the molecule is CCOc1ccc(C(=O)N(C)Cc2ccc(OC(F)F)cc2)cc1. The molecule has 0 radical (unpaired) electrons. The molecule has 0 aliphatic rings. The normalized spacial score (nSPS) is 10.5. The van der Waals surface area contributed by atoms with E-state index in [0.717, 1.165) is 5.56 Å². The number of carbonyl (C=O) groups is 1. The maximum Gasteiger partial charge on any atom is 0.387 e. The van der Waals surface area contributed by atoms with E-state index in [1.807, 2.05) is 6.92 Å². The molecule has 2 rings (SSSR count). The van der Waals surface area contributed by atoms with Crippen molar-refractivity contribution in [2.24, 2.45) is 0 Å². The molecule has 0 aliphatic heterocycles. The van der Waals surface area contributed by atoms with Crippen LogP contribution in [0.4, 0.5) is 8.78 Å². The second-order valence-corrected chi connectivity index (χ2v) is 5.14. The number of amides is 1. The fraction of sp³-hybridized carbons (Fsp3) is 0.278. The molecule has 0 aromatic heterocycles. The Bertz CT molecular complexity index is 657. The molecule has 6 heteroatoms. The highest BCUT2D eigenvalue weighted by Gasteiger charge is 2.12. The van der Waals surface area contributed by atoms with Crippen LogP contribution in [0.2, 0.25) is 0 Å². The lowest BCUT2D eigenvalue weighted by atomic mass is 10.1. The third-order valence-electron chi connectivity index (χ3n) is 3.33. The Balaban J connectivity index is 1.97. The second kappa shape index (κ2) is 8.29. The summed E-state index contributed by atoms with van der Waals surface area (Å²) in [6.07, 6.45) is 0. The van der Waals surface area contributed by atoms with E-state index in [1.165, 1.54) is 12.1 Å². The number of rotatable bonds is 7. The van der Waals surface area contributed by atoms with Gasteiger partial charge in [0, 0.05) is 19.2 Å². The van der Waals surface area contributed by atoms with Crippen LogP contribution in [0.3, 0.4) is 0 Å². The first-order chi connectivity index (χ1) is 11.5. The summed E-state index contributed by atoms with van der Waals surface area (Å²) < 4.78 is 33.9. The molecular formula is C18H19F2NO3. The van der Waals surface area contributed by atoms with Crippen LogP contribution in [-0.2, 0) is 6.54 Å². The zero-order chi connectivity index (χ0) is 17.5. The number of nitrogens with zero attached hydrogens (tertiary/aromatic N) is 1. The molecule has 0 heterocycles. The predicted molar refractivity (Wildman–Crippen MR) is 86.5 cm³/mol. The monoisotopic (exact) mass is 335 g/mol. The van der Waals surface area contributed by atoms with E-state index in [2.05, 4.69) is 4.74 Å². The van der Waals surface area contributed by atoms with Gasteiger partial charge in [-0.25, -0.2) is 0 Å². The second-order valence-electron chi connectivity index (χ2n) is 5.14. The zero-order valence-electron chi connectivity index (χ0n) is 13.5. The summed E-state index contributed by atoms with van der Waals surface area (Å²) in [5, 5.41) is 0. The van der Waals surface area contributed by atoms with Gasteiger partial charge in [-0.05, 0) is 48.9 Å². The lowest BCUT2D eigenvalue weighted by Crippen LogP contribution is -2.26. The summed E-state index contributed by atoms with van der Waals surface area (Å²) in [7, 11) is 1.68. The van der Waals surface area contributed by atoms with Gasteiger partial charge in [0.15, 0.2) is 0 Å². The van der Waals surface area contributed by atoms with Gasteiger partial charge in [0.2, 0.25) is 0 Å². The molecule has 2 aromatic carbocycles. The standard InChI is InChI=1S/C18H19F2NO3/c1-3-23-15-10-6-14(7-11-15)17(22)21(2)12-13-4-8-16(9-5-13)24-18(19)20/h4-11,18H,3,12H2,1-2H3. The fourth-order valence-electron chi connectivity index (χ4n) is 2.20. The van der Waals surface area contributed by atoms with Crippen LogP contribution in [0.25, 0.3) is 0 Å². The summed E-state index contributed by atoms with van der Waals surface area (Å²) >= 11 is 0. The lowest BCUT2D eigenvalue weighted by molar-refractivity contribution is -0.0498. The van der Waals surface area contributed by atoms with Crippen molar-refractivity contribution in [1.29, 1.82) is 0 Å². The molecule has 128 valence electrons. The summed E-state index contributed by atoms with van der Waals surface area (Å²) in [6.45, 7) is -0.0241. The van der Waals surface area contributed by atoms with Crippen molar-refractivity contribution in [3.05, 3.63) is 59.7 Å². The molecule has 0 spiro atoms. The predicted octanol–water partition coefficient (Wildman–Crippen LogP) is 3.96. The highest BCUT2D eigenvalue weighted by Crippen LogP contribution is 2.17. The Hall–Kier alpha value is -2.63. The summed E-state index contributed by atoms with van der Waals surface area (Å²) in [5.74, 6) is 0.673. The van der Waals surface area contributed by atoms with E-state index in [9.17, 15) is 13.6 Å². The molecule has 0 N–H and O–H groups in total. The van der Waals surface area contributed by atoms with Crippen LogP contribution in [0.15, 0.2) is 48.5 Å². The maximum absolute atomic E-state index is 12.4. The maximum atomic E-state index is 12.4. The number of hydrogen-bond acceptors (Lipinski definition) is 3. The van der Waals surface area contributed by atoms with Gasteiger partial charge >= 0.3 is 6.61 Å². The molecule has 1 amide bonds. The number of halogens is 2. The van der Waals surface area contributed by atoms with E-state index < -0.39 is 6.61 Å². The Kier molecular flexibility index (Phi) is 6.12. The van der Waals surface area contributed by atoms with Gasteiger partial charge in [-0.2, -0.15) is 8.78 Å². The van der Waals surface area contributed by atoms with Crippen molar-refractivity contribution in [3.8, 4) is 11.5 Å². The molecule has 4 nitrogen and oxygen atoms in total. The molecular weight excluding hydrogens is 316 g/mol. The van der Waals surface area contributed by atoms with E-state index in [4.69, 9.17) is 4.74 Å². The van der Waals surface area contributed by atoms with Gasteiger partial charge in [-0.15, -0.1) is 0 Å². The van der Waals surface area contributed by atoms with Crippen LogP contribution < -0.4 is 9.47 Å². The Morgan fingerprint density at radius 3 is 2.17 bits per heavy atom. The molecule has 2 aromatic rings. The first kappa shape index (κ1) is 17.7. The molecule has 0 saturated heterocycles. The fourth-order valence-corrected chi connectivity index (χ4v) is 2.20. The number of alkyl halides is 2. The molecule has 0 bridgehead atoms. The van der Waals surface area contributed by atoms with Crippen molar-refractivity contribution in [2.75, 3.05) is 13.7 Å². The molecule has 0 unspecified atom stereocenters. The van der Waals surface area contributed by atoms with Crippen molar-refractivity contribution in [2.45, 2.75) is 20.1 Å². The summed E-state index contributed by atoms with van der Waals surface area (Å²) in [6, 6.07) is 13.1. The highest BCUT2D eigenvalue weighted by molar-refractivity contribution is 5.94. The van der Waals surface area contributed by atoms with Gasteiger partial charge in [-0.3, -0.25) is 4.79 Å². The zero-order valence-corrected chi connectivity index (χ0v) is 13.5. The van der Waals surface area contributed by atoms with E-state index in [0.29, 0.717) is 24.5 Å². The number of benzene rings is 2. The Morgan fingerprint density at radius 1 is 1.04 bits per heavy atom. The molecule has 0 saturated carbocycles. The first-order valence-electron chi connectivity index (χ1n) is 7.51. The van der Waals surface area contributed by atoms with Crippen LogP contribution in [-0.4, -0.2) is 31.1 Å². The number of hydrogen-bond donors (Lipinski definition) is 0. The van der Waals surface area contributed by atoms with Gasteiger partial charge < -0.3 is 14.4 Å². The Labute approximate surface area is 139 Å². The Morgan fingerprint density at radius 2 is 1.62 bits per heavy atom. The van der Waals surface area contributed by atoms with Crippen LogP contribution in [0.5, 0.6) is 11.5 Å². The van der Waals surface area contributed by atoms with E-state index in [1.54, 1.807) is 48.3 Å². The first-order valence-corrected chi connectivity index (χ1v) is 7.51. The van der Waals surface area contributed by atoms with Gasteiger partial charge in [0.05, 0.1) is 6.61 Å². The summed E-state index contributed by atoms with van der Waals surface area (Å²) in [5.41, 5.74) is 1.37. The smallest absolute Gasteiger partial charge is 0.387 e. The molecule has 24 heavy (non-hydrogen) atoms. The quantitative estimate of drug-likeness (QED) is 0.769. The largest absolute Gasteiger partial charge is 0.494 e. The van der Waals surface area contributed by atoms with Crippen molar-refractivity contribution in [3.63, 3.8) is 0 Å². The van der Waals surface area contributed by atoms with E-state index in [-0.39, 0.29) is 11.7 Å². The minimum atomic E-state index is -2.85. The highest BCUT2D eigenvalue weighted by atomic mass is 19.3. The van der Waals surface area contributed by atoms with Gasteiger partial charge in [-0.1, -0.05) is 12.1 Å². The topological polar surface area (TPSA) is 38.8 Å². The third-order valence-corrected chi connectivity index (χ3v) is 3.33. The van der Waals surface area contributed by atoms with Gasteiger partial charge in [0.1, 0.15) is 11.5 Å². The van der Waals surface area contributed by atoms with Crippen LogP contribution >= 0.6 is 0 Å². The minimum absolute atomic E-state index is 0.0919. The van der Waals surface area contributed by atoms with Crippen LogP contribution in [0, 0.1) is 0 Å². The van der Waals surface area contributed by atoms with Crippen molar-refractivity contribution < 1.29 is 23.0 Å². The minimum Gasteiger partial charge on any atom is -0.494 e. The van der Waals surface area contributed by atoms with Crippen molar-refractivity contribution in [1.82, 2.24) is 4.90 Å². The molecule has 0 fully saturated rings. The third kappa shape index (κ3) is 4.94.